The van der Waals surface area contributed by atoms with Gasteiger partial charge in [0, 0.05) is 6.21 Å². The van der Waals surface area contributed by atoms with Crippen molar-refractivity contribution in [2.24, 2.45) is 4.99 Å². The Morgan fingerprint density at radius 1 is 1.23 bits per heavy atom. The van der Waals surface area contributed by atoms with E-state index < -0.39 is 0 Å². The van der Waals surface area contributed by atoms with E-state index in [1.54, 1.807) is 0 Å². The van der Waals surface area contributed by atoms with Gasteiger partial charge >= 0.3 is 0 Å². The lowest BCUT2D eigenvalue weighted by Crippen LogP contribution is -1.89. The highest BCUT2D eigenvalue weighted by atomic mass is 14.7. The standard InChI is InChI=1S/C12H17N/c1-5-11-9(3)7-8-10(4)12(11)13-6-2/h6-8H,5H2,1-4H3. The molecule has 0 fully saturated rings. The number of aryl methyl sites for hydroxylation is 2. The monoisotopic (exact) mass is 175 g/mol. The molecular formula is C12H17N. The second-order valence-corrected chi connectivity index (χ2v) is 3.27. The molecule has 0 saturated heterocycles. The topological polar surface area (TPSA) is 12.4 Å². The van der Waals surface area contributed by atoms with Gasteiger partial charge in [-0.1, -0.05) is 19.1 Å². The third-order valence-corrected chi connectivity index (χ3v) is 2.33. The molecule has 0 spiro atoms. The summed E-state index contributed by atoms with van der Waals surface area (Å²) in [6, 6.07) is 4.31. The van der Waals surface area contributed by atoms with Gasteiger partial charge < -0.3 is 0 Å². The molecule has 1 aromatic carbocycles. The zero-order valence-electron chi connectivity index (χ0n) is 8.89. The molecule has 0 radical (unpaired) electrons. The van der Waals surface area contributed by atoms with Gasteiger partial charge in [-0.05, 0) is 43.9 Å². The molecule has 0 amide bonds. The van der Waals surface area contributed by atoms with Crippen LogP contribution < -0.4 is 0 Å². The molecule has 0 aliphatic heterocycles. The van der Waals surface area contributed by atoms with Crippen LogP contribution in [0.2, 0.25) is 0 Å². The van der Waals surface area contributed by atoms with Crippen LogP contribution in [-0.2, 0) is 6.42 Å². The maximum absolute atomic E-state index is 4.41. The van der Waals surface area contributed by atoms with E-state index in [1.165, 1.54) is 16.7 Å². The molecule has 0 N–H and O–H groups in total. The predicted molar refractivity (Wildman–Crippen MR) is 59.1 cm³/mol. The summed E-state index contributed by atoms with van der Waals surface area (Å²) in [5.41, 5.74) is 5.14. The van der Waals surface area contributed by atoms with Gasteiger partial charge in [0.25, 0.3) is 0 Å². The van der Waals surface area contributed by atoms with Gasteiger partial charge in [0.15, 0.2) is 0 Å². The Labute approximate surface area is 80.5 Å². The van der Waals surface area contributed by atoms with Crippen LogP contribution in [0.1, 0.15) is 30.5 Å². The predicted octanol–water partition coefficient (Wildman–Crippen LogP) is 3.59. The smallest absolute Gasteiger partial charge is 0.0689 e. The van der Waals surface area contributed by atoms with Crippen molar-refractivity contribution in [2.45, 2.75) is 34.1 Å². The van der Waals surface area contributed by atoms with Crippen molar-refractivity contribution in [3.8, 4) is 0 Å². The highest BCUT2D eigenvalue weighted by Gasteiger charge is 2.04. The van der Waals surface area contributed by atoms with Gasteiger partial charge in [-0.2, -0.15) is 0 Å². The lowest BCUT2D eigenvalue weighted by atomic mass is 10.0. The fourth-order valence-electron chi connectivity index (χ4n) is 1.61. The van der Waals surface area contributed by atoms with Crippen molar-refractivity contribution in [1.29, 1.82) is 0 Å². The van der Waals surface area contributed by atoms with Crippen LogP contribution in [0.25, 0.3) is 0 Å². The molecule has 0 aliphatic rings. The summed E-state index contributed by atoms with van der Waals surface area (Å²) >= 11 is 0. The minimum Gasteiger partial charge on any atom is -0.261 e. The first-order valence-corrected chi connectivity index (χ1v) is 4.78. The number of nitrogens with zero attached hydrogens (tertiary/aromatic N) is 1. The summed E-state index contributed by atoms with van der Waals surface area (Å²) in [6.07, 6.45) is 2.92. The molecular weight excluding hydrogens is 158 g/mol. The van der Waals surface area contributed by atoms with E-state index in [2.05, 4.69) is 37.9 Å². The first-order valence-electron chi connectivity index (χ1n) is 4.78. The zero-order chi connectivity index (χ0) is 9.84. The maximum Gasteiger partial charge on any atom is 0.0689 e. The summed E-state index contributed by atoms with van der Waals surface area (Å²) in [5.74, 6) is 0. The molecule has 0 saturated carbocycles. The van der Waals surface area contributed by atoms with Gasteiger partial charge in [-0.3, -0.25) is 4.99 Å². The average molecular weight is 175 g/mol. The van der Waals surface area contributed by atoms with Crippen LogP contribution in [0.5, 0.6) is 0 Å². The molecule has 1 rings (SSSR count). The molecule has 70 valence electrons. The average Bonchev–Trinajstić information content (AvgIpc) is 2.12. The molecule has 0 unspecified atom stereocenters. The second kappa shape index (κ2) is 4.22. The van der Waals surface area contributed by atoms with Gasteiger partial charge in [-0.15, -0.1) is 0 Å². The molecule has 1 heteroatoms. The molecule has 0 aromatic heterocycles. The number of hydrogen-bond donors (Lipinski definition) is 0. The maximum atomic E-state index is 4.41. The molecule has 13 heavy (non-hydrogen) atoms. The van der Waals surface area contributed by atoms with Crippen molar-refractivity contribution in [1.82, 2.24) is 0 Å². The molecule has 1 nitrogen and oxygen atoms in total. The van der Waals surface area contributed by atoms with Crippen molar-refractivity contribution < 1.29 is 0 Å². The molecule has 0 bridgehead atoms. The summed E-state index contributed by atoms with van der Waals surface area (Å²) in [6.45, 7) is 8.39. The van der Waals surface area contributed by atoms with E-state index in [4.69, 9.17) is 0 Å². The first kappa shape index (κ1) is 9.97. The van der Waals surface area contributed by atoms with E-state index in [1.807, 2.05) is 13.1 Å². The Hall–Kier alpha value is -1.11. The number of hydrogen-bond acceptors (Lipinski definition) is 1. The number of rotatable bonds is 2. The largest absolute Gasteiger partial charge is 0.261 e. The third-order valence-electron chi connectivity index (χ3n) is 2.33. The van der Waals surface area contributed by atoms with Crippen molar-refractivity contribution >= 4 is 11.9 Å². The lowest BCUT2D eigenvalue weighted by molar-refractivity contribution is 1.09. The summed E-state index contributed by atoms with van der Waals surface area (Å²) < 4.78 is 0. The van der Waals surface area contributed by atoms with E-state index in [0.29, 0.717) is 0 Å². The first-order chi connectivity index (χ1) is 6.20. The van der Waals surface area contributed by atoms with Gasteiger partial charge in [0.1, 0.15) is 0 Å². The lowest BCUT2D eigenvalue weighted by Gasteiger charge is -2.09. The van der Waals surface area contributed by atoms with Gasteiger partial charge in [0.2, 0.25) is 0 Å². The fourth-order valence-corrected chi connectivity index (χ4v) is 1.61. The minimum atomic E-state index is 1.06. The highest BCUT2D eigenvalue weighted by Crippen LogP contribution is 2.27. The number of aliphatic imine (C=N–C) groups is 1. The van der Waals surface area contributed by atoms with Crippen molar-refractivity contribution in [3.63, 3.8) is 0 Å². The van der Waals surface area contributed by atoms with Crippen molar-refractivity contribution in [3.05, 3.63) is 28.8 Å². The summed E-state index contributed by atoms with van der Waals surface area (Å²) in [4.78, 5) is 4.41. The van der Waals surface area contributed by atoms with E-state index in [9.17, 15) is 0 Å². The van der Waals surface area contributed by atoms with Crippen LogP contribution in [0.3, 0.4) is 0 Å². The van der Waals surface area contributed by atoms with Gasteiger partial charge in [-0.25, -0.2) is 0 Å². The zero-order valence-corrected chi connectivity index (χ0v) is 8.89. The quantitative estimate of drug-likeness (QED) is 0.609. The summed E-state index contributed by atoms with van der Waals surface area (Å²) in [7, 11) is 0. The fraction of sp³-hybridized carbons (Fsp3) is 0.417. The Morgan fingerprint density at radius 3 is 2.38 bits per heavy atom. The minimum absolute atomic E-state index is 1.06. The molecule has 0 atom stereocenters. The SMILES string of the molecule is CC=Nc1c(C)ccc(C)c1CC. The normalized spacial score (nSPS) is 11.1. The van der Waals surface area contributed by atoms with Crippen LogP contribution in [0.15, 0.2) is 17.1 Å². The van der Waals surface area contributed by atoms with E-state index in [0.717, 1.165) is 12.1 Å². The Morgan fingerprint density at radius 2 is 1.85 bits per heavy atom. The number of benzene rings is 1. The molecule has 1 aromatic rings. The third kappa shape index (κ3) is 1.97. The van der Waals surface area contributed by atoms with Gasteiger partial charge in [0.05, 0.1) is 5.69 Å². The Balaban J connectivity index is 3.34. The van der Waals surface area contributed by atoms with Crippen LogP contribution in [0, 0.1) is 13.8 Å². The molecule has 0 aliphatic carbocycles. The van der Waals surface area contributed by atoms with Crippen LogP contribution in [-0.4, -0.2) is 6.21 Å². The van der Waals surface area contributed by atoms with E-state index >= 15 is 0 Å². The highest BCUT2D eigenvalue weighted by molar-refractivity contribution is 5.66. The van der Waals surface area contributed by atoms with E-state index in [-0.39, 0.29) is 0 Å². The van der Waals surface area contributed by atoms with Crippen LogP contribution in [0.4, 0.5) is 5.69 Å². The van der Waals surface area contributed by atoms with Crippen molar-refractivity contribution in [2.75, 3.05) is 0 Å². The second-order valence-electron chi connectivity index (χ2n) is 3.27. The summed E-state index contributed by atoms with van der Waals surface area (Å²) in [5, 5.41) is 0. The Kier molecular flexibility index (Phi) is 3.24. The molecule has 0 heterocycles. The van der Waals surface area contributed by atoms with Crippen LogP contribution >= 0.6 is 0 Å². The Bertz CT molecular complexity index is 324.